The number of anilines is 2. The molecule has 0 amide bonds. The normalized spacial score (nSPS) is 15.3. The van der Waals surface area contributed by atoms with Crippen molar-refractivity contribution in [1.29, 1.82) is 0 Å². The van der Waals surface area contributed by atoms with Crippen molar-refractivity contribution in [3.8, 4) is 0 Å². The van der Waals surface area contributed by atoms with Gasteiger partial charge in [-0.2, -0.15) is 0 Å². The molecule has 0 bridgehead atoms. The molecule has 2 nitrogen and oxygen atoms in total. The summed E-state index contributed by atoms with van der Waals surface area (Å²) in [7, 11) is 0. The predicted octanol–water partition coefficient (Wildman–Crippen LogP) is 4.05. The van der Waals surface area contributed by atoms with Crippen molar-refractivity contribution in [2.24, 2.45) is 0 Å². The standard InChI is InChI=1S/C17H18BrFN2/c18-13-14-1-5-16(6-2-14)20-9-11-21(12-10-20)17-7-3-15(19)4-8-17/h1-8H,9-13H2. The van der Waals surface area contributed by atoms with Crippen LogP contribution in [0.25, 0.3) is 0 Å². The van der Waals surface area contributed by atoms with Crippen molar-refractivity contribution in [2.75, 3.05) is 36.0 Å². The molecule has 0 atom stereocenters. The lowest BCUT2D eigenvalue weighted by atomic mass is 10.2. The zero-order valence-electron chi connectivity index (χ0n) is 11.8. The minimum atomic E-state index is -0.177. The predicted molar refractivity (Wildman–Crippen MR) is 89.9 cm³/mol. The molecule has 1 saturated heterocycles. The summed E-state index contributed by atoms with van der Waals surface area (Å²) in [5.74, 6) is -0.177. The van der Waals surface area contributed by atoms with Gasteiger partial charge in [-0.05, 0) is 42.0 Å². The number of hydrogen-bond acceptors (Lipinski definition) is 2. The molecule has 0 radical (unpaired) electrons. The molecule has 0 N–H and O–H groups in total. The Balaban J connectivity index is 1.62. The summed E-state index contributed by atoms with van der Waals surface area (Å²) in [6.45, 7) is 3.91. The third-order valence-electron chi connectivity index (χ3n) is 3.93. The van der Waals surface area contributed by atoms with Crippen LogP contribution in [0.4, 0.5) is 15.8 Å². The highest BCUT2D eigenvalue weighted by molar-refractivity contribution is 9.08. The zero-order chi connectivity index (χ0) is 14.7. The number of halogens is 2. The minimum Gasteiger partial charge on any atom is -0.368 e. The second kappa shape index (κ2) is 6.48. The van der Waals surface area contributed by atoms with Crippen LogP contribution in [0.1, 0.15) is 5.56 Å². The smallest absolute Gasteiger partial charge is 0.123 e. The zero-order valence-corrected chi connectivity index (χ0v) is 13.4. The van der Waals surface area contributed by atoms with E-state index in [1.54, 1.807) is 0 Å². The van der Waals surface area contributed by atoms with Gasteiger partial charge in [0.1, 0.15) is 5.82 Å². The van der Waals surface area contributed by atoms with Gasteiger partial charge in [-0.15, -0.1) is 0 Å². The highest BCUT2D eigenvalue weighted by atomic mass is 79.9. The summed E-state index contributed by atoms with van der Waals surface area (Å²) < 4.78 is 13.0. The van der Waals surface area contributed by atoms with E-state index in [1.165, 1.54) is 23.4 Å². The fourth-order valence-corrected chi connectivity index (χ4v) is 3.04. The fraction of sp³-hybridized carbons (Fsp3) is 0.294. The number of alkyl halides is 1. The first-order chi connectivity index (χ1) is 10.3. The molecule has 2 aromatic rings. The van der Waals surface area contributed by atoms with Gasteiger partial charge >= 0.3 is 0 Å². The number of nitrogens with zero attached hydrogens (tertiary/aromatic N) is 2. The number of hydrogen-bond donors (Lipinski definition) is 0. The van der Waals surface area contributed by atoms with Crippen LogP contribution < -0.4 is 9.80 Å². The van der Waals surface area contributed by atoms with Crippen molar-refractivity contribution in [3.63, 3.8) is 0 Å². The maximum atomic E-state index is 13.0. The minimum absolute atomic E-state index is 0.177. The Hall–Kier alpha value is -1.55. The average Bonchev–Trinajstić information content (AvgIpc) is 2.56. The number of benzene rings is 2. The highest BCUT2D eigenvalue weighted by Gasteiger charge is 2.17. The van der Waals surface area contributed by atoms with Crippen LogP contribution in [-0.2, 0) is 5.33 Å². The maximum Gasteiger partial charge on any atom is 0.123 e. The van der Waals surface area contributed by atoms with E-state index in [0.717, 1.165) is 37.2 Å². The van der Waals surface area contributed by atoms with Crippen molar-refractivity contribution >= 4 is 27.3 Å². The van der Waals surface area contributed by atoms with Gasteiger partial charge in [-0.3, -0.25) is 0 Å². The van der Waals surface area contributed by atoms with Gasteiger partial charge in [0.15, 0.2) is 0 Å². The van der Waals surface area contributed by atoms with Gasteiger partial charge in [0.05, 0.1) is 0 Å². The van der Waals surface area contributed by atoms with E-state index in [0.29, 0.717) is 0 Å². The Morgan fingerprint density at radius 3 is 1.62 bits per heavy atom. The molecule has 1 aliphatic rings. The topological polar surface area (TPSA) is 6.48 Å². The third-order valence-corrected chi connectivity index (χ3v) is 4.57. The Labute approximate surface area is 133 Å². The Morgan fingerprint density at radius 2 is 1.19 bits per heavy atom. The molecule has 110 valence electrons. The van der Waals surface area contributed by atoms with Crippen LogP contribution in [0, 0.1) is 5.82 Å². The van der Waals surface area contributed by atoms with Gasteiger partial charge in [0, 0.05) is 42.9 Å². The largest absolute Gasteiger partial charge is 0.368 e. The van der Waals surface area contributed by atoms with Crippen LogP contribution in [-0.4, -0.2) is 26.2 Å². The molecule has 21 heavy (non-hydrogen) atoms. The maximum absolute atomic E-state index is 13.0. The summed E-state index contributed by atoms with van der Waals surface area (Å²) in [5, 5.41) is 0.894. The third kappa shape index (κ3) is 3.38. The van der Waals surface area contributed by atoms with Crippen molar-refractivity contribution in [3.05, 3.63) is 59.9 Å². The van der Waals surface area contributed by atoms with E-state index in [-0.39, 0.29) is 5.82 Å². The van der Waals surface area contributed by atoms with Gasteiger partial charge in [0.25, 0.3) is 0 Å². The highest BCUT2D eigenvalue weighted by Crippen LogP contribution is 2.21. The first-order valence-electron chi connectivity index (χ1n) is 7.16. The molecule has 1 fully saturated rings. The van der Waals surface area contributed by atoms with Crippen molar-refractivity contribution < 1.29 is 4.39 Å². The molecule has 0 spiro atoms. The molecule has 1 aliphatic heterocycles. The van der Waals surface area contributed by atoms with E-state index in [9.17, 15) is 4.39 Å². The van der Waals surface area contributed by atoms with E-state index < -0.39 is 0 Å². The molecule has 0 saturated carbocycles. The monoisotopic (exact) mass is 348 g/mol. The van der Waals surface area contributed by atoms with Crippen LogP contribution in [0.2, 0.25) is 0 Å². The summed E-state index contributed by atoms with van der Waals surface area (Å²) in [6, 6.07) is 15.5. The SMILES string of the molecule is Fc1ccc(N2CCN(c3ccc(CBr)cc3)CC2)cc1. The molecular weight excluding hydrogens is 331 g/mol. The Kier molecular flexibility index (Phi) is 4.44. The van der Waals surface area contributed by atoms with Gasteiger partial charge in [-0.1, -0.05) is 28.1 Å². The van der Waals surface area contributed by atoms with Crippen LogP contribution in [0.5, 0.6) is 0 Å². The molecule has 2 aromatic carbocycles. The Bertz CT molecular complexity index is 575. The number of piperazine rings is 1. The quantitative estimate of drug-likeness (QED) is 0.772. The summed E-state index contributed by atoms with van der Waals surface area (Å²) in [5.41, 5.74) is 3.67. The Morgan fingerprint density at radius 1 is 0.762 bits per heavy atom. The van der Waals surface area contributed by atoms with Gasteiger partial charge in [0.2, 0.25) is 0 Å². The van der Waals surface area contributed by atoms with Crippen LogP contribution in [0.15, 0.2) is 48.5 Å². The van der Waals surface area contributed by atoms with Crippen LogP contribution in [0.3, 0.4) is 0 Å². The first kappa shape index (κ1) is 14.4. The van der Waals surface area contributed by atoms with Crippen molar-refractivity contribution in [1.82, 2.24) is 0 Å². The van der Waals surface area contributed by atoms with Gasteiger partial charge in [-0.25, -0.2) is 4.39 Å². The van der Waals surface area contributed by atoms with E-state index >= 15 is 0 Å². The van der Waals surface area contributed by atoms with E-state index in [4.69, 9.17) is 0 Å². The lowest BCUT2D eigenvalue weighted by Crippen LogP contribution is -2.46. The summed E-state index contributed by atoms with van der Waals surface area (Å²) in [6.07, 6.45) is 0. The van der Waals surface area contributed by atoms with Gasteiger partial charge < -0.3 is 9.80 Å². The molecule has 0 unspecified atom stereocenters. The summed E-state index contributed by atoms with van der Waals surface area (Å²) >= 11 is 3.47. The van der Waals surface area contributed by atoms with Crippen molar-refractivity contribution in [2.45, 2.75) is 5.33 Å². The average molecular weight is 349 g/mol. The lowest BCUT2D eigenvalue weighted by molar-refractivity contribution is 0.625. The molecular formula is C17H18BrFN2. The van der Waals surface area contributed by atoms with E-state index in [2.05, 4.69) is 50.0 Å². The lowest BCUT2D eigenvalue weighted by Gasteiger charge is -2.37. The molecule has 3 rings (SSSR count). The number of rotatable bonds is 3. The molecule has 0 aliphatic carbocycles. The summed E-state index contributed by atoms with van der Waals surface area (Å²) in [4.78, 5) is 4.71. The fourth-order valence-electron chi connectivity index (χ4n) is 2.67. The van der Waals surface area contributed by atoms with E-state index in [1.807, 2.05) is 12.1 Å². The van der Waals surface area contributed by atoms with Crippen LogP contribution >= 0.6 is 15.9 Å². The molecule has 1 heterocycles. The second-order valence-electron chi connectivity index (χ2n) is 5.25. The molecule has 4 heteroatoms. The molecule has 0 aromatic heterocycles. The second-order valence-corrected chi connectivity index (χ2v) is 5.81. The first-order valence-corrected chi connectivity index (χ1v) is 8.29.